The molecule has 0 bridgehead atoms. The summed E-state index contributed by atoms with van der Waals surface area (Å²) in [6.07, 6.45) is -0.114. The predicted molar refractivity (Wildman–Crippen MR) is 138 cm³/mol. The van der Waals surface area contributed by atoms with Gasteiger partial charge in [0.2, 0.25) is 0 Å². The Hall–Kier alpha value is -2.69. The number of nitriles is 2. The average molecular weight is 501 g/mol. The molecule has 2 aromatic rings. The quantitative estimate of drug-likeness (QED) is 0.601. The molecule has 34 heavy (non-hydrogen) atoms. The van der Waals surface area contributed by atoms with Crippen LogP contribution in [0.15, 0.2) is 39.6 Å². The normalized spacial score (nSPS) is 12.9. The van der Waals surface area contributed by atoms with Crippen molar-refractivity contribution in [1.82, 2.24) is 0 Å². The highest BCUT2D eigenvalue weighted by atomic mass is 32.2. The highest BCUT2D eigenvalue weighted by molar-refractivity contribution is 7.91. The first-order valence-electron chi connectivity index (χ1n) is 10.6. The Balaban J connectivity index is 0.00000578. The molecule has 0 aromatic heterocycles. The number of benzene rings is 2. The summed E-state index contributed by atoms with van der Waals surface area (Å²) in [5.74, 6) is -0.548. The van der Waals surface area contributed by atoms with E-state index in [4.69, 9.17) is 5.14 Å². The van der Waals surface area contributed by atoms with Crippen molar-refractivity contribution in [3.05, 3.63) is 63.7 Å². The van der Waals surface area contributed by atoms with E-state index in [9.17, 15) is 24.6 Å². The van der Waals surface area contributed by atoms with Crippen molar-refractivity contribution in [3.8, 4) is 12.1 Å². The number of carbonyl (C=O) groups excluding carboxylic acids is 1. The third-order valence-corrected chi connectivity index (χ3v) is 6.72. The fourth-order valence-corrected chi connectivity index (χ4v) is 4.65. The van der Waals surface area contributed by atoms with Gasteiger partial charge in [0.1, 0.15) is 9.92 Å². The maximum absolute atomic E-state index is 13.2. The van der Waals surface area contributed by atoms with E-state index >= 15 is 0 Å². The zero-order chi connectivity index (χ0) is 25.1. The van der Waals surface area contributed by atoms with Gasteiger partial charge in [0.05, 0.1) is 40.2 Å². The van der Waals surface area contributed by atoms with Gasteiger partial charge in [-0.05, 0) is 78.3 Å². The highest BCUT2D eigenvalue weighted by Crippen LogP contribution is 2.30. The third-order valence-electron chi connectivity index (χ3n) is 5.34. The van der Waals surface area contributed by atoms with Crippen LogP contribution in [0, 0.1) is 22.7 Å². The summed E-state index contributed by atoms with van der Waals surface area (Å²) in [7, 11) is -3.66. The minimum atomic E-state index is -3.66. The molecule has 0 aliphatic heterocycles. The Labute approximate surface area is 209 Å². The summed E-state index contributed by atoms with van der Waals surface area (Å²) < 4.78 is 17.1. The Morgan fingerprint density at radius 2 is 1.50 bits per heavy atom. The minimum Gasteiger partial charge on any atom is -0.386 e. The number of aliphatic hydroxyl groups is 1. The first-order chi connectivity index (χ1) is 15.2. The lowest BCUT2D eigenvalue weighted by Crippen LogP contribution is -2.20. The topological polar surface area (TPSA) is 140 Å². The van der Waals surface area contributed by atoms with Gasteiger partial charge in [-0.3, -0.25) is 4.79 Å². The largest absolute Gasteiger partial charge is 0.386 e. The summed E-state index contributed by atoms with van der Waals surface area (Å²) in [5.41, 5.74) is 2.19. The molecule has 1 unspecified atom stereocenters. The molecule has 1 amide bonds. The van der Waals surface area contributed by atoms with E-state index in [2.05, 4.69) is 10.4 Å². The summed E-state index contributed by atoms with van der Waals surface area (Å²) in [4.78, 5) is 12.9. The van der Waals surface area contributed by atoms with Gasteiger partial charge in [0.25, 0.3) is 5.91 Å². The van der Waals surface area contributed by atoms with Crippen LogP contribution in [0.5, 0.6) is 0 Å². The lowest BCUT2D eigenvalue weighted by atomic mass is 9.85. The van der Waals surface area contributed by atoms with Crippen molar-refractivity contribution in [2.24, 2.45) is 9.50 Å². The highest BCUT2D eigenvalue weighted by Gasteiger charge is 2.22. The molecule has 3 N–H and O–H groups in total. The van der Waals surface area contributed by atoms with Crippen LogP contribution < -0.4 is 5.14 Å². The van der Waals surface area contributed by atoms with Crippen molar-refractivity contribution >= 4 is 29.3 Å². The van der Waals surface area contributed by atoms with Gasteiger partial charge in [0, 0.05) is 0 Å². The molecule has 2 rings (SSSR count). The molecule has 182 valence electrons. The van der Waals surface area contributed by atoms with Crippen LogP contribution in [0.3, 0.4) is 0 Å². The summed E-state index contributed by atoms with van der Waals surface area (Å²) in [6, 6.07) is 11.8. The molecule has 7 nitrogen and oxygen atoms in total. The van der Waals surface area contributed by atoms with Gasteiger partial charge in [-0.25, -0.2) is 9.35 Å². The van der Waals surface area contributed by atoms with Crippen molar-refractivity contribution in [1.29, 1.82) is 10.5 Å². The SMILES string of the molecule is CC(C)c1cc(C#N)cc(C(C)C)c1CC(=O)N=S(N)(=O)c1cc(C#N)cc(C(C)(C)O)c1.S. The second-order valence-electron chi connectivity index (χ2n) is 9.20. The lowest BCUT2D eigenvalue weighted by Gasteiger charge is -2.20. The second-order valence-corrected chi connectivity index (χ2v) is 11.0. The van der Waals surface area contributed by atoms with E-state index in [1.807, 2.05) is 33.8 Å². The van der Waals surface area contributed by atoms with E-state index in [0.717, 1.165) is 16.7 Å². The van der Waals surface area contributed by atoms with Crippen molar-refractivity contribution in [2.45, 2.75) is 70.3 Å². The number of amides is 1. The van der Waals surface area contributed by atoms with Gasteiger partial charge in [0.15, 0.2) is 0 Å². The molecule has 0 saturated heterocycles. The van der Waals surface area contributed by atoms with Crippen LogP contribution in [0.25, 0.3) is 0 Å². The number of carbonyl (C=O) groups is 1. The average Bonchev–Trinajstić information content (AvgIpc) is 2.71. The summed E-state index contributed by atoms with van der Waals surface area (Å²) in [6.45, 7) is 11.0. The van der Waals surface area contributed by atoms with E-state index in [0.29, 0.717) is 11.1 Å². The fourth-order valence-electron chi connectivity index (χ4n) is 3.59. The molecule has 0 spiro atoms. The molecule has 0 radical (unpaired) electrons. The van der Waals surface area contributed by atoms with Crippen LogP contribution in [-0.4, -0.2) is 15.2 Å². The summed E-state index contributed by atoms with van der Waals surface area (Å²) >= 11 is 0. The standard InChI is InChI=1S/C25H30N4O3S.H2S/c1-15(2)21-9-18(14-27)10-22(16(3)4)23(21)12-24(30)29-33(28,32)20-8-17(13-26)7-19(11-20)25(5,6)31;/h7-11,15-16,31H,12H2,1-6H3,(H2,28,29,30,32);1H2. The van der Waals surface area contributed by atoms with E-state index < -0.39 is 21.4 Å². The van der Waals surface area contributed by atoms with Crippen LogP contribution in [-0.2, 0) is 26.7 Å². The van der Waals surface area contributed by atoms with Gasteiger partial charge in [-0.15, -0.1) is 4.36 Å². The van der Waals surface area contributed by atoms with Crippen LogP contribution in [0.1, 0.15) is 86.8 Å². The van der Waals surface area contributed by atoms with E-state index in [1.165, 1.54) is 32.0 Å². The van der Waals surface area contributed by atoms with Crippen molar-refractivity contribution in [2.75, 3.05) is 0 Å². The number of hydrogen-bond acceptors (Lipinski definition) is 5. The Bertz CT molecular complexity index is 1260. The molecule has 0 aliphatic carbocycles. The number of nitrogens with two attached hydrogens (primary N) is 1. The zero-order valence-corrected chi connectivity index (χ0v) is 22.2. The zero-order valence-electron chi connectivity index (χ0n) is 20.3. The first kappa shape index (κ1) is 29.3. The Morgan fingerprint density at radius 1 is 1.03 bits per heavy atom. The number of rotatable bonds is 6. The minimum absolute atomic E-state index is 0. The molecule has 0 aliphatic rings. The number of hydrogen-bond donors (Lipinski definition) is 2. The first-order valence-corrected chi connectivity index (χ1v) is 12.2. The second kappa shape index (κ2) is 11.2. The van der Waals surface area contributed by atoms with E-state index in [-0.39, 0.29) is 42.2 Å². The molecule has 0 heterocycles. The molecular formula is C25H32N4O3S2. The third kappa shape index (κ3) is 6.91. The molecule has 2 aromatic carbocycles. The molecule has 0 fully saturated rings. The molecular weight excluding hydrogens is 468 g/mol. The van der Waals surface area contributed by atoms with Crippen LogP contribution in [0.4, 0.5) is 0 Å². The molecule has 1 atom stereocenters. The van der Waals surface area contributed by atoms with Gasteiger partial charge >= 0.3 is 0 Å². The maximum atomic E-state index is 13.2. The number of nitrogens with zero attached hydrogens (tertiary/aromatic N) is 3. The maximum Gasteiger partial charge on any atom is 0.259 e. The predicted octanol–water partition coefficient (Wildman–Crippen LogP) is 4.49. The van der Waals surface area contributed by atoms with Gasteiger partial charge in [-0.2, -0.15) is 24.0 Å². The lowest BCUT2D eigenvalue weighted by molar-refractivity contribution is -0.117. The Kier molecular flexibility index (Phi) is 9.63. The molecule has 9 heteroatoms. The Morgan fingerprint density at radius 3 is 1.91 bits per heavy atom. The summed E-state index contributed by atoms with van der Waals surface area (Å²) in [5, 5.41) is 35.0. The smallest absolute Gasteiger partial charge is 0.259 e. The van der Waals surface area contributed by atoms with Crippen LogP contribution in [0.2, 0.25) is 0 Å². The van der Waals surface area contributed by atoms with Crippen LogP contribution >= 0.6 is 13.5 Å². The van der Waals surface area contributed by atoms with Crippen molar-refractivity contribution < 1.29 is 14.1 Å². The fraction of sp³-hybridized carbons (Fsp3) is 0.400. The van der Waals surface area contributed by atoms with E-state index in [1.54, 1.807) is 12.1 Å². The molecule has 0 saturated carbocycles. The van der Waals surface area contributed by atoms with Gasteiger partial charge in [-0.1, -0.05) is 27.7 Å². The monoisotopic (exact) mass is 500 g/mol. The van der Waals surface area contributed by atoms with Gasteiger partial charge < -0.3 is 5.11 Å². The van der Waals surface area contributed by atoms with Crippen molar-refractivity contribution in [3.63, 3.8) is 0 Å².